The quantitative estimate of drug-likeness (QED) is 0.613. The first kappa shape index (κ1) is 16.7. The molecule has 0 radical (unpaired) electrons. The van der Waals surface area contributed by atoms with Crippen molar-refractivity contribution in [2.45, 2.75) is 23.9 Å². The SMILES string of the molecule is O=C(CSc1n[nH]c(C2CC2)n1)Nc1ccccc1Oc1ccccc1. The zero-order valence-corrected chi connectivity index (χ0v) is 14.8. The Labute approximate surface area is 155 Å². The van der Waals surface area contributed by atoms with Gasteiger partial charge in [-0.2, -0.15) is 0 Å². The van der Waals surface area contributed by atoms with Gasteiger partial charge in [-0.15, -0.1) is 5.10 Å². The highest BCUT2D eigenvalue weighted by atomic mass is 32.2. The third-order valence-electron chi connectivity index (χ3n) is 3.91. The summed E-state index contributed by atoms with van der Waals surface area (Å²) >= 11 is 1.32. The molecule has 1 aliphatic rings. The number of anilines is 1. The van der Waals surface area contributed by atoms with E-state index in [9.17, 15) is 4.79 Å². The minimum absolute atomic E-state index is 0.128. The molecule has 0 unspecified atom stereocenters. The molecule has 1 aromatic heterocycles. The molecular weight excluding hydrogens is 348 g/mol. The van der Waals surface area contributed by atoms with Crippen LogP contribution < -0.4 is 10.1 Å². The van der Waals surface area contributed by atoms with Crippen molar-refractivity contribution >= 4 is 23.4 Å². The van der Waals surface area contributed by atoms with E-state index in [2.05, 4.69) is 20.5 Å². The van der Waals surface area contributed by atoms with Gasteiger partial charge in [0, 0.05) is 5.92 Å². The monoisotopic (exact) mass is 366 g/mol. The number of nitrogens with one attached hydrogen (secondary N) is 2. The summed E-state index contributed by atoms with van der Waals surface area (Å²) in [6, 6.07) is 16.8. The lowest BCUT2D eigenvalue weighted by Gasteiger charge is -2.11. The van der Waals surface area contributed by atoms with E-state index in [0.29, 0.717) is 22.5 Å². The fraction of sp³-hybridized carbons (Fsp3) is 0.211. The average Bonchev–Trinajstić information content (AvgIpc) is 3.41. The van der Waals surface area contributed by atoms with Crippen LogP contribution in [0.1, 0.15) is 24.6 Å². The molecule has 3 aromatic rings. The first-order valence-electron chi connectivity index (χ1n) is 8.45. The smallest absolute Gasteiger partial charge is 0.234 e. The molecule has 6 nitrogen and oxygen atoms in total. The van der Waals surface area contributed by atoms with Crippen LogP contribution in [-0.2, 0) is 4.79 Å². The van der Waals surface area contributed by atoms with Gasteiger partial charge in [-0.05, 0) is 37.1 Å². The largest absolute Gasteiger partial charge is 0.455 e. The Kier molecular flexibility index (Phi) is 4.88. The van der Waals surface area contributed by atoms with Gasteiger partial charge in [0.05, 0.1) is 11.4 Å². The number of hydrogen-bond acceptors (Lipinski definition) is 5. The standard InChI is InChI=1S/C19H18N4O2S/c24-17(12-26-19-21-18(22-23-19)13-10-11-13)20-15-8-4-5-9-16(15)25-14-6-2-1-3-7-14/h1-9,13H,10-12H2,(H,20,24)(H,21,22,23). The zero-order chi connectivity index (χ0) is 17.8. The summed E-state index contributed by atoms with van der Waals surface area (Å²) in [6.07, 6.45) is 2.33. The van der Waals surface area contributed by atoms with Crippen molar-refractivity contribution in [1.82, 2.24) is 15.2 Å². The van der Waals surface area contributed by atoms with Crippen LogP contribution in [0.5, 0.6) is 11.5 Å². The molecule has 132 valence electrons. The van der Waals surface area contributed by atoms with E-state index in [1.165, 1.54) is 11.8 Å². The number of aromatic nitrogens is 3. The number of nitrogens with zero attached hydrogens (tertiary/aromatic N) is 2. The summed E-state index contributed by atoms with van der Waals surface area (Å²) in [5, 5.41) is 10.6. The second kappa shape index (κ2) is 7.61. The molecule has 7 heteroatoms. The van der Waals surface area contributed by atoms with Crippen molar-refractivity contribution in [2.75, 3.05) is 11.1 Å². The predicted octanol–water partition coefficient (Wildman–Crippen LogP) is 4.21. The van der Waals surface area contributed by atoms with Gasteiger partial charge in [0.1, 0.15) is 11.6 Å². The molecule has 0 saturated heterocycles. The Hall–Kier alpha value is -2.80. The summed E-state index contributed by atoms with van der Waals surface area (Å²) in [5.41, 5.74) is 0.635. The van der Waals surface area contributed by atoms with Crippen LogP contribution in [0.15, 0.2) is 59.8 Å². The Morgan fingerprint density at radius 3 is 2.73 bits per heavy atom. The zero-order valence-electron chi connectivity index (χ0n) is 14.0. The maximum absolute atomic E-state index is 12.3. The highest BCUT2D eigenvalue weighted by Crippen LogP contribution is 2.38. The van der Waals surface area contributed by atoms with E-state index in [1.807, 2.05) is 54.6 Å². The second-order valence-corrected chi connectivity index (χ2v) is 6.97. The van der Waals surface area contributed by atoms with Crippen LogP contribution in [0, 0.1) is 0 Å². The van der Waals surface area contributed by atoms with Gasteiger partial charge in [-0.25, -0.2) is 4.98 Å². The minimum atomic E-state index is -0.128. The summed E-state index contributed by atoms with van der Waals surface area (Å²) in [7, 11) is 0. The molecule has 1 heterocycles. The summed E-state index contributed by atoms with van der Waals surface area (Å²) in [4.78, 5) is 16.7. The third-order valence-corrected chi connectivity index (χ3v) is 4.76. The number of thioether (sulfide) groups is 1. The van der Waals surface area contributed by atoms with Crippen molar-refractivity contribution in [2.24, 2.45) is 0 Å². The first-order chi connectivity index (χ1) is 12.8. The average molecular weight is 366 g/mol. The van der Waals surface area contributed by atoms with Crippen molar-refractivity contribution in [1.29, 1.82) is 0 Å². The van der Waals surface area contributed by atoms with E-state index >= 15 is 0 Å². The minimum Gasteiger partial charge on any atom is -0.455 e. The van der Waals surface area contributed by atoms with Gasteiger partial charge in [0.25, 0.3) is 0 Å². The lowest BCUT2D eigenvalue weighted by Crippen LogP contribution is -2.14. The Balaban J connectivity index is 1.36. The van der Waals surface area contributed by atoms with Gasteiger partial charge >= 0.3 is 0 Å². The fourth-order valence-corrected chi connectivity index (χ4v) is 3.06. The third kappa shape index (κ3) is 4.23. The lowest BCUT2D eigenvalue weighted by atomic mass is 10.3. The predicted molar refractivity (Wildman–Crippen MR) is 101 cm³/mol. The van der Waals surface area contributed by atoms with Crippen LogP contribution in [0.4, 0.5) is 5.69 Å². The Bertz CT molecular complexity index is 893. The molecule has 0 aliphatic heterocycles. The number of ether oxygens (including phenoxy) is 1. The Morgan fingerprint density at radius 2 is 1.92 bits per heavy atom. The number of benzene rings is 2. The van der Waals surface area contributed by atoms with Gasteiger partial charge in [-0.3, -0.25) is 9.89 Å². The number of rotatable bonds is 7. The van der Waals surface area contributed by atoms with Crippen molar-refractivity contribution in [3.63, 3.8) is 0 Å². The highest BCUT2D eigenvalue weighted by Gasteiger charge is 2.27. The summed E-state index contributed by atoms with van der Waals surface area (Å²) < 4.78 is 5.86. The molecule has 1 saturated carbocycles. The van der Waals surface area contributed by atoms with Crippen molar-refractivity contribution < 1.29 is 9.53 Å². The topological polar surface area (TPSA) is 79.9 Å². The van der Waals surface area contributed by atoms with E-state index in [4.69, 9.17) is 4.74 Å². The van der Waals surface area contributed by atoms with E-state index in [1.54, 1.807) is 0 Å². The molecule has 0 atom stereocenters. The van der Waals surface area contributed by atoms with Crippen LogP contribution in [0.3, 0.4) is 0 Å². The maximum atomic E-state index is 12.3. The van der Waals surface area contributed by atoms with E-state index in [0.717, 1.165) is 24.4 Å². The summed E-state index contributed by atoms with van der Waals surface area (Å²) in [5.74, 6) is 2.88. The number of amides is 1. The summed E-state index contributed by atoms with van der Waals surface area (Å²) in [6.45, 7) is 0. The molecule has 1 aliphatic carbocycles. The van der Waals surface area contributed by atoms with Crippen molar-refractivity contribution in [3.05, 3.63) is 60.4 Å². The highest BCUT2D eigenvalue weighted by molar-refractivity contribution is 7.99. The van der Waals surface area contributed by atoms with Crippen LogP contribution in [0.2, 0.25) is 0 Å². The number of aromatic amines is 1. The van der Waals surface area contributed by atoms with Crippen LogP contribution >= 0.6 is 11.8 Å². The molecule has 1 fully saturated rings. The van der Waals surface area contributed by atoms with E-state index in [-0.39, 0.29) is 11.7 Å². The van der Waals surface area contributed by atoms with Gasteiger partial charge < -0.3 is 10.1 Å². The molecule has 26 heavy (non-hydrogen) atoms. The van der Waals surface area contributed by atoms with Crippen molar-refractivity contribution in [3.8, 4) is 11.5 Å². The maximum Gasteiger partial charge on any atom is 0.234 e. The molecule has 4 rings (SSSR count). The molecule has 2 aromatic carbocycles. The number of carbonyl (C=O) groups is 1. The van der Waals surface area contributed by atoms with E-state index < -0.39 is 0 Å². The normalized spacial score (nSPS) is 13.4. The molecular formula is C19H18N4O2S. The number of para-hydroxylation sites is 3. The molecule has 1 amide bonds. The molecule has 2 N–H and O–H groups in total. The van der Waals surface area contributed by atoms with Gasteiger partial charge in [-0.1, -0.05) is 42.1 Å². The lowest BCUT2D eigenvalue weighted by molar-refractivity contribution is -0.113. The fourth-order valence-electron chi connectivity index (χ4n) is 2.45. The van der Waals surface area contributed by atoms with Crippen LogP contribution in [0.25, 0.3) is 0 Å². The van der Waals surface area contributed by atoms with Gasteiger partial charge in [0.15, 0.2) is 5.75 Å². The number of hydrogen-bond donors (Lipinski definition) is 2. The molecule has 0 bridgehead atoms. The number of H-pyrrole nitrogens is 1. The second-order valence-electron chi connectivity index (χ2n) is 6.03. The number of carbonyl (C=O) groups excluding carboxylic acids is 1. The Morgan fingerprint density at radius 1 is 1.15 bits per heavy atom. The van der Waals surface area contributed by atoms with Crippen LogP contribution in [-0.4, -0.2) is 26.8 Å². The van der Waals surface area contributed by atoms with Gasteiger partial charge in [0.2, 0.25) is 11.1 Å². The first-order valence-corrected chi connectivity index (χ1v) is 9.43. The molecule has 0 spiro atoms.